The quantitative estimate of drug-likeness (QED) is 0.190. The molecule has 0 spiro atoms. The van der Waals surface area contributed by atoms with E-state index in [1.807, 2.05) is 61.5 Å². The van der Waals surface area contributed by atoms with Gasteiger partial charge in [-0.2, -0.15) is 0 Å². The Morgan fingerprint density at radius 1 is 0.853 bits per heavy atom. The minimum Gasteiger partial charge on any atom is -0.507 e. The fourth-order valence-electron chi connectivity index (χ4n) is 4.45. The second-order valence-electron chi connectivity index (χ2n) is 8.21. The summed E-state index contributed by atoms with van der Waals surface area (Å²) >= 11 is 12.4. The smallest absolute Gasteiger partial charge is 0.300 e. The second kappa shape index (κ2) is 8.64. The minimum atomic E-state index is -0.879. The first kappa shape index (κ1) is 22.2. The lowest BCUT2D eigenvalue weighted by molar-refractivity contribution is -0.132. The fourth-order valence-corrected chi connectivity index (χ4v) is 4.76. The third-order valence-electron chi connectivity index (χ3n) is 6.03. The van der Waals surface area contributed by atoms with Crippen molar-refractivity contribution < 1.29 is 14.7 Å². The van der Waals surface area contributed by atoms with E-state index in [0.29, 0.717) is 26.9 Å². The maximum atomic E-state index is 13.4. The number of ketones is 1. The van der Waals surface area contributed by atoms with Crippen LogP contribution < -0.4 is 4.90 Å². The number of anilines is 1. The van der Waals surface area contributed by atoms with Gasteiger partial charge in [0.25, 0.3) is 11.7 Å². The standard InChI is InChI=1S/C28H19Cl2NO3/c1-16-6-4-9-19(14-16)31-25(18-12-13-22(29)23(30)15-18)24(27(33)28(31)34)26(32)21-11-5-8-17-7-2-3-10-20(17)21/h2-15,25,32H,1H3/b26-24-. The number of aliphatic hydroxyl groups is 1. The number of carbonyl (C=O) groups is 2. The molecule has 0 aliphatic carbocycles. The van der Waals surface area contributed by atoms with Gasteiger partial charge < -0.3 is 5.11 Å². The number of Topliss-reactive ketones (excluding diaryl/α,β-unsaturated/α-hetero) is 1. The van der Waals surface area contributed by atoms with E-state index >= 15 is 0 Å². The number of nitrogens with zero attached hydrogens (tertiary/aromatic N) is 1. The van der Waals surface area contributed by atoms with Gasteiger partial charge in [-0.05, 0) is 53.1 Å². The summed E-state index contributed by atoms with van der Waals surface area (Å²) in [6.07, 6.45) is 0. The number of aliphatic hydroxyl groups excluding tert-OH is 1. The molecule has 1 heterocycles. The first-order valence-corrected chi connectivity index (χ1v) is 11.4. The number of amides is 1. The molecular formula is C28H19Cl2NO3. The molecule has 168 valence electrons. The van der Waals surface area contributed by atoms with Crippen LogP contribution in [-0.2, 0) is 9.59 Å². The summed E-state index contributed by atoms with van der Waals surface area (Å²) in [6.45, 7) is 1.91. The summed E-state index contributed by atoms with van der Waals surface area (Å²) in [7, 11) is 0. The highest BCUT2D eigenvalue weighted by atomic mass is 35.5. The van der Waals surface area contributed by atoms with Crippen LogP contribution in [0.15, 0.2) is 90.5 Å². The average molecular weight is 488 g/mol. The predicted octanol–water partition coefficient (Wildman–Crippen LogP) is 7.08. The van der Waals surface area contributed by atoms with Crippen LogP contribution in [0.3, 0.4) is 0 Å². The highest BCUT2D eigenvalue weighted by Gasteiger charge is 2.47. The third kappa shape index (κ3) is 3.65. The Morgan fingerprint density at radius 2 is 1.59 bits per heavy atom. The topological polar surface area (TPSA) is 57.6 Å². The van der Waals surface area contributed by atoms with E-state index in [2.05, 4.69) is 0 Å². The number of hydrogen-bond donors (Lipinski definition) is 1. The van der Waals surface area contributed by atoms with Crippen molar-refractivity contribution in [3.05, 3.63) is 117 Å². The van der Waals surface area contributed by atoms with Crippen molar-refractivity contribution in [3.63, 3.8) is 0 Å². The molecule has 1 aliphatic heterocycles. The van der Waals surface area contributed by atoms with Crippen LogP contribution in [0, 0.1) is 6.92 Å². The van der Waals surface area contributed by atoms with E-state index in [0.717, 1.165) is 16.3 Å². The van der Waals surface area contributed by atoms with Gasteiger partial charge in [0.1, 0.15) is 5.76 Å². The summed E-state index contributed by atoms with van der Waals surface area (Å²) in [5.74, 6) is -1.71. The monoisotopic (exact) mass is 487 g/mol. The molecule has 1 aliphatic rings. The van der Waals surface area contributed by atoms with Crippen LogP contribution in [0.25, 0.3) is 16.5 Å². The van der Waals surface area contributed by atoms with Crippen LogP contribution in [0.5, 0.6) is 0 Å². The van der Waals surface area contributed by atoms with Crippen molar-refractivity contribution in [3.8, 4) is 0 Å². The van der Waals surface area contributed by atoms with Gasteiger partial charge in [-0.1, -0.05) is 83.9 Å². The highest BCUT2D eigenvalue weighted by molar-refractivity contribution is 6.52. The zero-order valence-corrected chi connectivity index (χ0v) is 19.6. The normalized spacial score (nSPS) is 17.5. The van der Waals surface area contributed by atoms with Crippen molar-refractivity contribution in [1.82, 2.24) is 0 Å². The molecule has 1 amide bonds. The summed E-state index contributed by atoms with van der Waals surface area (Å²) in [4.78, 5) is 28.1. The molecule has 4 aromatic carbocycles. The van der Waals surface area contributed by atoms with E-state index in [1.165, 1.54) is 4.90 Å². The molecule has 1 unspecified atom stereocenters. The lowest BCUT2D eigenvalue weighted by atomic mass is 9.93. The van der Waals surface area contributed by atoms with Crippen molar-refractivity contribution in [2.45, 2.75) is 13.0 Å². The van der Waals surface area contributed by atoms with Gasteiger partial charge in [0.2, 0.25) is 0 Å². The zero-order valence-electron chi connectivity index (χ0n) is 18.1. The number of carbonyl (C=O) groups excluding carboxylic acids is 2. The first-order chi connectivity index (χ1) is 16.4. The van der Waals surface area contributed by atoms with Gasteiger partial charge in [-0.15, -0.1) is 0 Å². The number of rotatable bonds is 3. The van der Waals surface area contributed by atoms with Crippen LogP contribution in [0.2, 0.25) is 10.0 Å². The van der Waals surface area contributed by atoms with Gasteiger partial charge in [0.15, 0.2) is 0 Å². The number of halogens is 2. The van der Waals surface area contributed by atoms with Crippen LogP contribution >= 0.6 is 23.2 Å². The first-order valence-electron chi connectivity index (χ1n) is 10.7. The molecule has 1 fully saturated rings. The molecule has 0 bridgehead atoms. The Hall–Kier alpha value is -3.60. The van der Waals surface area contributed by atoms with Gasteiger partial charge >= 0.3 is 0 Å². The highest BCUT2D eigenvalue weighted by Crippen LogP contribution is 2.44. The Morgan fingerprint density at radius 3 is 2.35 bits per heavy atom. The van der Waals surface area contributed by atoms with E-state index in [1.54, 1.807) is 30.3 Å². The number of hydrogen-bond acceptors (Lipinski definition) is 3. The van der Waals surface area contributed by atoms with Crippen LogP contribution in [0.1, 0.15) is 22.7 Å². The predicted molar refractivity (Wildman–Crippen MR) is 136 cm³/mol. The van der Waals surface area contributed by atoms with E-state index in [9.17, 15) is 14.7 Å². The molecule has 6 heteroatoms. The number of aryl methyl sites for hydroxylation is 1. The second-order valence-corrected chi connectivity index (χ2v) is 9.02. The molecule has 0 radical (unpaired) electrons. The fraction of sp³-hybridized carbons (Fsp3) is 0.0714. The Bertz CT molecular complexity index is 1500. The largest absolute Gasteiger partial charge is 0.507 e. The summed E-state index contributed by atoms with van der Waals surface area (Å²) in [6, 6.07) is 24.4. The molecule has 1 saturated heterocycles. The summed E-state index contributed by atoms with van der Waals surface area (Å²) in [5, 5.41) is 13.8. The van der Waals surface area contributed by atoms with E-state index in [-0.39, 0.29) is 11.3 Å². The minimum absolute atomic E-state index is 0.00116. The zero-order chi connectivity index (χ0) is 24.0. The molecular weight excluding hydrogens is 469 g/mol. The van der Waals surface area contributed by atoms with Crippen molar-refractivity contribution in [2.75, 3.05) is 4.90 Å². The maximum Gasteiger partial charge on any atom is 0.300 e. The summed E-state index contributed by atoms with van der Waals surface area (Å²) in [5.41, 5.74) is 2.53. The molecule has 0 saturated carbocycles. The Kier molecular flexibility index (Phi) is 5.64. The van der Waals surface area contributed by atoms with Gasteiger partial charge in [-0.25, -0.2) is 0 Å². The number of fused-ring (bicyclic) bond motifs is 1. The van der Waals surface area contributed by atoms with Crippen molar-refractivity contribution in [2.24, 2.45) is 0 Å². The molecule has 4 nitrogen and oxygen atoms in total. The molecule has 5 rings (SSSR count). The molecule has 4 aromatic rings. The van der Waals surface area contributed by atoms with Gasteiger partial charge in [0, 0.05) is 11.3 Å². The summed E-state index contributed by atoms with van der Waals surface area (Å²) < 4.78 is 0. The van der Waals surface area contributed by atoms with Crippen LogP contribution in [0.4, 0.5) is 5.69 Å². The average Bonchev–Trinajstić information content (AvgIpc) is 3.10. The Balaban J connectivity index is 1.80. The van der Waals surface area contributed by atoms with Gasteiger partial charge in [-0.3, -0.25) is 14.5 Å². The molecule has 0 aromatic heterocycles. The third-order valence-corrected chi connectivity index (χ3v) is 6.77. The van der Waals surface area contributed by atoms with Crippen molar-refractivity contribution in [1.29, 1.82) is 0 Å². The van der Waals surface area contributed by atoms with E-state index in [4.69, 9.17) is 23.2 Å². The lowest BCUT2D eigenvalue weighted by Crippen LogP contribution is -2.29. The maximum absolute atomic E-state index is 13.4. The molecule has 1 N–H and O–H groups in total. The Labute approximate surface area is 206 Å². The molecule has 1 atom stereocenters. The van der Waals surface area contributed by atoms with Crippen LogP contribution in [-0.4, -0.2) is 16.8 Å². The number of benzene rings is 4. The SMILES string of the molecule is Cc1cccc(N2C(=O)C(=O)/C(=C(\O)c3cccc4ccccc34)C2c2ccc(Cl)c(Cl)c2)c1. The van der Waals surface area contributed by atoms with Crippen molar-refractivity contribution >= 4 is 57.1 Å². The molecule has 34 heavy (non-hydrogen) atoms. The van der Waals surface area contributed by atoms with Gasteiger partial charge in [0.05, 0.1) is 21.7 Å². The van der Waals surface area contributed by atoms with E-state index < -0.39 is 17.7 Å². The lowest BCUT2D eigenvalue weighted by Gasteiger charge is -2.26.